The van der Waals surface area contributed by atoms with Gasteiger partial charge in [-0.3, -0.25) is 0 Å². The minimum absolute atomic E-state index is 0.231. The third-order valence-corrected chi connectivity index (χ3v) is 2.60. The minimum Gasteiger partial charge on any atom is -0.333 e. The van der Waals surface area contributed by atoms with Crippen LogP contribution < -0.4 is 10.2 Å². The summed E-state index contributed by atoms with van der Waals surface area (Å²) in [6.07, 6.45) is 6.53. The maximum atomic E-state index is 11.9. The molecule has 2 aromatic rings. The normalized spacial score (nSPS) is 14.4. The average Bonchev–Trinajstić information content (AvgIpc) is 2.75. The summed E-state index contributed by atoms with van der Waals surface area (Å²) in [6.45, 7) is 0.440. The van der Waals surface area contributed by atoms with Crippen LogP contribution in [0.25, 0.3) is 0 Å². The molecular formula is C10H10N6O. The van der Waals surface area contributed by atoms with Gasteiger partial charge in [0.05, 0.1) is 0 Å². The number of nitrogens with one attached hydrogen (secondary N) is 1. The van der Waals surface area contributed by atoms with E-state index in [4.69, 9.17) is 0 Å². The molecule has 1 aliphatic heterocycles. The highest BCUT2D eigenvalue weighted by atomic mass is 16.2. The lowest BCUT2D eigenvalue weighted by Gasteiger charge is -2.27. The molecule has 0 saturated carbocycles. The molecule has 0 radical (unpaired) electrons. The Kier molecular flexibility index (Phi) is 2.04. The van der Waals surface area contributed by atoms with Crippen molar-refractivity contribution in [3.05, 3.63) is 30.5 Å². The summed E-state index contributed by atoms with van der Waals surface area (Å²) in [5.74, 6) is 1.11. The third-order valence-electron chi connectivity index (χ3n) is 2.60. The van der Waals surface area contributed by atoms with Crippen molar-refractivity contribution in [3.63, 3.8) is 0 Å². The van der Waals surface area contributed by atoms with Crippen LogP contribution in [0.2, 0.25) is 0 Å². The molecule has 7 heteroatoms. The van der Waals surface area contributed by atoms with Gasteiger partial charge in [-0.25, -0.2) is 24.6 Å². The van der Waals surface area contributed by atoms with Crippen molar-refractivity contribution in [1.29, 1.82) is 0 Å². The Morgan fingerprint density at radius 2 is 2.29 bits per heavy atom. The van der Waals surface area contributed by atoms with Crippen molar-refractivity contribution in [3.8, 4) is 0 Å². The number of fused-ring (bicyclic) bond motifs is 1. The molecule has 3 rings (SSSR count). The Morgan fingerprint density at radius 1 is 1.41 bits per heavy atom. The first-order chi connectivity index (χ1) is 8.27. The molecule has 0 aliphatic carbocycles. The van der Waals surface area contributed by atoms with Gasteiger partial charge >= 0.3 is 6.03 Å². The first-order valence-electron chi connectivity index (χ1n) is 5.11. The molecule has 1 N–H and O–H groups in total. The Hall–Kier alpha value is -2.44. The van der Waals surface area contributed by atoms with Crippen molar-refractivity contribution < 1.29 is 4.79 Å². The highest BCUT2D eigenvalue weighted by Crippen LogP contribution is 2.27. The van der Waals surface area contributed by atoms with Crippen LogP contribution in [0.3, 0.4) is 0 Å². The van der Waals surface area contributed by atoms with Crippen LogP contribution >= 0.6 is 0 Å². The number of carbonyl (C=O) groups is 1. The lowest BCUT2D eigenvalue weighted by Crippen LogP contribution is -2.42. The highest BCUT2D eigenvalue weighted by Gasteiger charge is 2.29. The topological polar surface area (TPSA) is 75.9 Å². The largest absolute Gasteiger partial charge is 0.333 e. The van der Waals surface area contributed by atoms with Crippen molar-refractivity contribution in [2.24, 2.45) is 7.05 Å². The van der Waals surface area contributed by atoms with Crippen LogP contribution in [0.15, 0.2) is 24.9 Å². The van der Waals surface area contributed by atoms with Gasteiger partial charge in [-0.2, -0.15) is 0 Å². The molecule has 2 aromatic heterocycles. The average molecular weight is 230 g/mol. The zero-order valence-electron chi connectivity index (χ0n) is 9.16. The van der Waals surface area contributed by atoms with Gasteiger partial charge in [0, 0.05) is 37.7 Å². The van der Waals surface area contributed by atoms with Crippen LogP contribution in [0, 0.1) is 0 Å². The first kappa shape index (κ1) is 9.76. The molecule has 0 fully saturated rings. The number of amides is 2. The second kappa shape index (κ2) is 3.55. The quantitative estimate of drug-likeness (QED) is 0.777. The number of imidazole rings is 1. The van der Waals surface area contributed by atoms with Gasteiger partial charge in [0.2, 0.25) is 5.95 Å². The molecule has 1 aliphatic rings. The monoisotopic (exact) mass is 230 g/mol. The third kappa shape index (κ3) is 1.43. The van der Waals surface area contributed by atoms with Gasteiger partial charge < -0.3 is 9.88 Å². The van der Waals surface area contributed by atoms with Crippen molar-refractivity contribution in [2.75, 3.05) is 4.90 Å². The number of hydrogen-bond donors (Lipinski definition) is 1. The number of rotatable bonds is 1. The predicted octanol–water partition coefficient (Wildman–Crippen LogP) is 0.571. The molecule has 0 saturated heterocycles. The Bertz CT molecular complexity index is 578. The number of aromatic nitrogens is 4. The second-order valence-electron chi connectivity index (χ2n) is 3.70. The molecule has 3 heterocycles. The summed E-state index contributed by atoms with van der Waals surface area (Å²) < 4.78 is 1.76. The van der Waals surface area contributed by atoms with E-state index in [0.717, 1.165) is 5.56 Å². The van der Waals surface area contributed by atoms with E-state index in [1.165, 1.54) is 11.2 Å². The fraction of sp³-hybridized carbons (Fsp3) is 0.200. The maximum absolute atomic E-state index is 11.9. The van der Waals surface area contributed by atoms with Gasteiger partial charge in [-0.15, -0.1) is 0 Å². The lowest BCUT2D eigenvalue weighted by atomic mass is 10.2. The molecule has 0 atom stereocenters. The molecular weight excluding hydrogens is 220 g/mol. The standard InChI is InChI=1S/C10H10N6O/c1-15-3-2-12-9(15)16-8-7(4-11-6-14-8)5-13-10(16)17/h2-4,6H,5H2,1H3,(H,13,17). The zero-order chi connectivity index (χ0) is 11.8. The molecule has 0 aromatic carbocycles. The van der Waals surface area contributed by atoms with E-state index in [9.17, 15) is 4.79 Å². The van der Waals surface area contributed by atoms with E-state index in [0.29, 0.717) is 18.3 Å². The highest BCUT2D eigenvalue weighted by molar-refractivity contribution is 5.99. The van der Waals surface area contributed by atoms with Crippen molar-refractivity contribution in [2.45, 2.75) is 6.54 Å². The molecule has 7 nitrogen and oxygen atoms in total. The zero-order valence-corrected chi connectivity index (χ0v) is 9.16. The molecule has 86 valence electrons. The number of carbonyl (C=O) groups excluding carboxylic acids is 1. The van der Waals surface area contributed by atoms with E-state index < -0.39 is 0 Å². The summed E-state index contributed by atoms with van der Waals surface area (Å²) in [4.78, 5) is 25.6. The van der Waals surface area contributed by atoms with E-state index in [1.807, 2.05) is 7.05 Å². The molecule has 2 amide bonds. The summed E-state index contributed by atoms with van der Waals surface area (Å²) >= 11 is 0. The number of nitrogens with zero attached hydrogens (tertiary/aromatic N) is 5. The summed E-state index contributed by atoms with van der Waals surface area (Å²) in [5.41, 5.74) is 0.870. The Morgan fingerprint density at radius 3 is 3.06 bits per heavy atom. The molecule has 0 unspecified atom stereocenters. The van der Waals surface area contributed by atoms with Gasteiger partial charge in [-0.1, -0.05) is 0 Å². The molecule has 0 spiro atoms. The minimum atomic E-state index is -0.231. The van der Waals surface area contributed by atoms with Crippen LogP contribution in [0.4, 0.5) is 16.6 Å². The SMILES string of the molecule is Cn1ccnc1N1C(=O)NCc2cncnc21. The van der Waals surface area contributed by atoms with Gasteiger partial charge in [0.15, 0.2) is 5.82 Å². The number of anilines is 2. The second-order valence-corrected chi connectivity index (χ2v) is 3.70. The van der Waals surface area contributed by atoms with Crippen molar-refractivity contribution in [1.82, 2.24) is 24.8 Å². The van der Waals surface area contributed by atoms with E-state index in [-0.39, 0.29) is 6.03 Å². The van der Waals surface area contributed by atoms with E-state index in [2.05, 4.69) is 20.3 Å². The Balaban J connectivity index is 2.16. The number of urea groups is 1. The fourth-order valence-electron chi connectivity index (χ4n) is 1.78. The van der Waals surface area contributed by atoms with Crippen LogP contribution in [0.5, 0.6) is 0 Å². The number of aryl methyl sites for hydroxylation is 1. The van der Waals surface area contributed by atoms with Crippen LogP contribution in [-0.4, -0.2) is 25.6 Å². The summed E-state index contributed by atoms with van der Waals surface area (Å²) in [7, 11) is 1.82. The van der Waals surface area contributed by atoms with E-state index >= 15 is 0 Å². The van der Waals surface area contributed by atoms with Crippen molar-refractivity contribution >= 4 is 17.8 Å². The fourth-order valence-corrected chi connectivity index (χ4v) is 1.78. The molecule has 17 heavy (non-hydrogen) atoms. The lowest BCUT2D eigenvalue weighted by molar-refractivity contribution is 0.246. The maximum Gasteiger partial charge on any atom is 0.330 e. The smallest absolute Gasteiger partial charge is 0.330 e. The van der Waals surface area contributed by atoms with Gasteiger partial charge in [0.25, 0.3) is 0 Å². The summed E-state index contributed by atoms with van der Waals surface area (Å²) in [5, 5.41) is 2.76. The number of hydrogen-bond acceptors (Lipinski definition) is 4. The van der Waals surface area contributed by atoms with Gasteiger partial charge in [0.1, 0.15) is 6.33 Å². The van der Waals surface area contributed by atoms with Gasteiger partial charge in [-0.05, 0) is 0 Å². The predicted molar refractivity (Wildman–Crippen MR) is 59.6 cm³/mol. The van der Waals surface area contributed by atoms with Crippen LogP contribution in [0.1, 0.15) is 5.56 Å². The van der Waals surface area contributed by atoms with E-state index in [1.54, 1.807) is 23.2 Å². The van der Waals surface area contributed by atoms with Crippen LogP contribution in [-0.2, 0) is 13.6 Å². The molecule has 0 bridgehead atoms. The summed E-state index contributed by atoms with van der Waals surface area (Å²) in [6, 6.07) is -0.231. The Labute approximate surface area is 97.1 Å². The first-order valence-corrected chi connectivity index (χ1v) is 5.11.